The van der Waals surface area contributed by atoms with Crippen molar-refractivity contribution in [2.45, 2.75) is 101 Å². The molecule has 0 aromatic rings. The molecule has 0 N–H and O–H groups in total. The van der Waals surface area contributed by atoms with Crippen LogP contribution < -0.4 is 0 Å². The largest absolute Gasteiger partial charge is 0.261 e. The first-order chi connectivity index (χ1) is 8.35. The monoisotopic (exact) mass is 254 g/mol. The Morgan fingerprint density at radius 2 is 0.882 bits per heavy atom. The van der Waals surface area contributed by atoms with Crippen LogP contribution in [0, 0.1) is 0 Å². The molecule has 0 amide bonds. The minimum atomic E-state index is -0.337. The number of hydrogen-bond donors (Lipinski definition) is 0. The van der Waals surface area contributed by atoms with Gasteiger partial charge in [0.2, 0.25) is 0 Å². The van der Waals surface area contributed by atoms with Crippen molar-refractivity contribution in [2.24, 2.45) is 0 Å². The zero-order chi connectivity index (χ0) is 12.8. The van der Waals surface area contributed by atoms with Gasteiger partial charge in [-0.3, -0.25) is 0 Å². The minimum Gasteiger partial charge on any atom is -0.0939 e. The fraction of sp³-hybridized carbons (Fsp3) is 1.00. The van der Waals surface area contributed by atoms with E-state index < -0.39 is 0 Å². The minimum absolute atomic E-state index is 0.337. The van der Waals surface area contributed by atoms with E-state index in [9.17, 15) is 0 Å². The van der Waals surface area contributed by atoms with Crippen molar-refractivity contribution in [3.8, 4) is 0 Å². The van der Waals surface area contributed by atoms with Gasteiger partial charge in [0, 0.05) is 0 Å². The maximum Gasteiger partial charge on any atom is 0.261 e. The number of unbranched alkanes of at least 4 members (excludes halogenated alkanes) is 7. The molecule has 0 nitrogen and oxygen atoms in total. The molecule has 0 heterocycles. The average molecular weight is 254 g/mol. The molecule has 0 fully saturated rings. The topological polar surface area (TPSA) is 0 Å². The third-order valence-electron chi connectivity index (χ3n) is 3.90. The van der Waals surface area contributed by atoms with Crippen LogP contribution in [0.4, 0.5) is 0 Å². The molecule has 102 valence electrons. The van der Waals surface area contributed by atoms with Gasteiger partial charge in [-0.2, -0.15) is 0 Å². The predicted molar refractivity (Wildman–Crippen MR) is 83.4 cm³/mol. The third kappa shape index (κ3) is 12.8. The highest BCUT2D eigenvalue weighted by Gasteiger charge is 2.14. The standard InChI is InChI=1S/2C6H13.C4H9.Al/c2*1-3-5-6-4-2;1-3-4-2;/h2*1,3-6H2,2H3;1,3-4H2,2H3;. The van der Waals surface area contributed by atoms with Crippen LogP contribution in [0.1, 0.15) is 85.0 Å². The molecule has 0 aliphatic carbocycles. The van der Waals surface area contributed by atoms with Gasteiger partial charge < -0.3 is 0 Å². The lowest BCUT2D eigenvalue weighted by atomic mass is 10.2. The van der Waals surface area contributed by atoms with Crippen LogP contribution in [0.25, 0.3) is 0 Å². The van der Waals surface area contributed by atoms with E-state index in [0.717, 1.165) is 0 Å². The van der Waals surface area contributed by atoms with Crippen LogP contribution in [0.3, 0.4) is 0 Å². The predicted octanol–water partition coefficient (Wildman–Crippen LogP) is 6.44. The van der Waals surface area contributed by atoms with Crippen LogP contribution in [0.5, 0.6) is 0 Å². The SMILES string of the molecule is CCCCC[CH2][Al]([CH2]CCC)[CH2]CCCCC. The van der Waals surface area contributed by atoms with Gasteiger partial charge in [0.25, 0.3) is 14.1 Å². The highest BCUT2D eigenvalue weighted by atomic mass is 27.2. The van der Waals surface area contributed by atoms with Gasteiger partial charge in [0.15, 0.2) is 0 Å². The van der Waals surface area contributed by atoms with Gasteiger partial charge in [-0.1, -0.05) is 101 Å². The second-order valence-electron chi connectivity index (χ2n) is 5.71. The van der Waals surface area contributed by atoms with Gasteiger partial charge in [-0.15, -0.1) is 0 Å². The second-order valence-corrected chi connectivity index (χ2v) is 9.17. The van der Waals surface area contributed by atoms with E-state index in [2.05, 4.69) is 20.8 Å². The van der Waals surface area contributed by atoms with Crippen LogP contribution in [-0.4, -0.2) is 14.1 Å². The van der Waals surface area contributed by atoms with Gasteiger partial charge in [-0.25, -0.2) is 0 Å². The number of hydrogen-bond acceptors (Lipinski definition) is 0. The van der Waals surface area contributed by atoms with E-state index in [1.807, 2.05) is 0 Å². The van der Waals surface area contributed by atoms with Crippen molar-refractivity contribution < 1.29 is 0 Å². The Morgan fingerprint density at radius 3 is 1.29 bits per heavy atom. The summed E-state index contributed by atoms with van der Waals surface area (Å²) in [6, 6.07) is 0. The molecule has 0 aliphatic heterocycles. The van der Waals surface area contributed by atoms with Crippen molar-refractivity contribution in [3.63, 3.8) is 0 Å². The zero-order valence-electron chi connectivity index (χ0n) is 12.8. The summed E-state index contributed by atoms with van der Waals surface area (Å²) in [4.78, 5) is 0. The molecule has 0 bridgehead atoms. The highest BCUT2D eigenvalue weighted by molar-refractivity contribution is 6.58. The molecule has 0 saturated heterocycles. The summed E-state index contributed by atoms with van der Waals surface area (Å²) >= 11 is -0.337. The third-order valence-corrected chi connectivity index (χ3v) is 7.57. The summed E-state index contributed by atoms with van der Waals surface area (Å²) in [6.07, 6.45) is 14.7. The maximum atomic E-state index is 2.35. The average Bonchev–Trinajstić information content (AvgIpc) is 2.35. The Hall–Kier alpha value is 0.532. The lowest BCUT2D eigenvalue weighted by Gasteiger charge is -2.11. The zero-order valence-corrected chi connectivity index (χ0v) is 13.9. The molecule has 0 radical (unpaired) electrons. The molecule has 0 unspecified atom stereocenters. The van der Waals surface area contributed by atoms with Crippen molar-refractivity contribution >= 4 is 14.1 Å². The second kappa shape index (κ2) is 14.6. The molecule has 0 aromatic carbocycles. The van der Waals surface area contributed by atoms with Crippen LogP contribution >= 0.6 is 0 Å². The van der Waals surface area contributed by atoms with Crippen LogP contribution in [-0.2, 0) is 0 Å². The van der Waals surface area contributed by atoms with E-state index in [4.69, 9.17) is 0 Å². The van der Waals surface area contributed by atoms with Crippen LogP contribution in [0.15, 0.2) is 0 Å². The molecule has 0 spiro atoms. The molecule has 1 heteroatoms. The fourth-order valence-electron chi connectivity index (χ4n) is 2.65. The van der Waals surface area contributed by atoms with Crippen molar-refractivity contribution in [3.05, 3.63) is 0 Å². The van der Waals surface area contributed by atoms with E-state index in [1.165, 1.54) is 51.4 Å². The van der Waals surface area contributed by atoms with Gasteiger partial charge in [-0.05, 0) is 0 Å². The number of rotatable bonds is 13. The summed E-state index contributed by atoms with van der Waals surface area (Å²) in [5.41, 5.74) is 0. The fourth-order valence-corrected chi connectivity index (χ4v) is 6.23. The maximum absolute atomic E-state index is 2.35. The van der Waals surface area contributed by atoms with Gasteiger partial charge >= 0.3 is 0 Å². The van der Waals surface area contributed by atoms with E-state index in [1.54, 1.807) is 28.7 Å². The van der Waals surface area contributed by atoms with Crippen molar-refractivity contribution in [2.75, 3.05) is 0 Å². The summed E-state index contributed by atoms with van der Waals surface area (Å²) in [6.45, 7) is 6.98. The Bertz CT molecular complexity index is 121. The first-order valence-corrected chi connectivity index (χ1v) is 10.8. The summed E-state index contributed by atoms with van der Waals surface area (Å²) in [5, 5.41) is 4.92. The molecule has 17 heavy (non-hydrogen) atoms. The van der Waals surface area contributed by atoms with Crippen LogP contribution in [0.2, 0.25) is 15.8 Å². The van der Waals surface area contributed by atoms with E-state index in [0.29, 0.717) is 0 Å². The molecule has 0 rings (SSSR count). The summed E-state index contributed by atoms with van der Waals surface area (Å²) in [5.74, 6) is 0. The Kier molecular flexibility index (Phi) is 15.1. The first-order valence-electron chi connectivity index (χ1n) is 8.35. The van der Waals surface area contributed by atoms with Gasteiger partial charge in [0.05, 0.1) is 0 Å². The van der Waals surface area contributed by atoms with Gasteiger partial charge in [0.1, 0.15) is 0 Å². The lowest BCUT2D eigenvalue weighted by molar-refractivity contribution is 0.682. The molecule has 0 saturated carbocycles. The Morgan fingerprint density at radius 1 is 0.471 bits per heavy atom. The normalized spacial score (nSPS) is 10.8. The Balaban J connectivity index is 3.56. The molecule has 0 aliphatic rings. The molecular formula is C16H35Al. The molecule has 0 aromatic heterocycles. The summed E-state index contributed by atoms with van der Waals surface area (Å²) in [7, 11) is 0. The summed E-state index contributed by atoms with van der Waals surface area (Å²) < 4.78 is 0. The smallest absolute Gasteiger partial charge is 0.0939 e. The van der Waals surface area contributed by atoms with Crippen molar-refractivity contribution in [1.29, 1.82) is 0 Å². The molecular weight excluding hydrogens is 219 g/mol. The van der Waals surface area contributed by atoms with E-state index >= 15 is 0 Å². The quantitative estimate of drug-likeness (QED) is 0.262. The first kappa shape index (κ1) is 17.5. The van der Waals surface area contributed by atoms with E-state index in [-0.39, 0.29) is 14.1 Å². The highest BCUT2D eigenvalue weighted by Crippen LogP contribution is 2.18. The molecule has 0 atom stereocenters. The Labute approximate surface area is 115 Å². The van der Waals surface area contributed by atoms with Crippen molar-refractivity contribution in [1.82, 2.24) is 0 Å². The lowest BCUT2D eigenvalue weighted by Crippen LogP contribution is -2.11.